The lowest BCUT2D eigenvalue weighted by Crippen LogP contribution is -2.19. The number of Topliss-reactive ketones (excluding diaryl/α,β-unsaturated/α-hetero) is 1. The largest absolute Gasteiger partial charge is 0.481 e. The number of hydrogen-bond donors (Lipinski definition) is 1. The first-order valence-corrected chi connectivity index (χ1v) is 10.4. The predicted octanol–water partition coefficient (Wildman–Crippen LogP) is 4.64. The number of aliphatic carboxylic acids is 1. The van der Waals surface area contributed by atoms with Gasteiger partial charge in [0.25, 0.3) is 0 Å². The molecule has 0 radical (unpaired) electrons. The highest BCUT2D eigenvalue weighted by molar-refractivity contribution is 5.90. The number of allylic oxidation sites excluding steroid dienone is 1. The topological polar surface area (TPSA) is 97.7 Å². The van der Waals surface area contributed by atoms with Crippen LogP contribution in [0.25, 0.3) is 0 Å². The minimum atomic E-state index is -0.675. The van der Waals surface area contributed by atoms with Crippen LogP contribution in [0.5, 0.6) is 0 Å². The van der Waals surface area contributed by atoms with Crippen LogP contribution in [-0.2, 0) is 23.9 Å². The Bertz CT molecular complexity index is 523. The Morgan fingerprint density at radius 2 is 1.61 bits per heavy atom. The van der Waals surface area contributed by atoms with E-state index in [1.54, 1.807) is 6.08 Å². The van der Waals surface area contributed by atoms with Crippen molar-refractivity contribution in [2.75, 3.05) is 0 Å². The van der Waals surface area contributed by atoms with Gasteiger partial charge in [-0.15, -0.1) is 0 Å². The normalized spacial score (nSPS) is 18.6. The van der Waals surface area contributed by atoms with Gasteiger partial charge in [0.15, 0.2) is 5.78 Å². The SMILES string of the molecule is CCCCCC(=O)C=CC1CC(=O)CC1OC(C)=O.CCCCCCC(=O)O. The maximum absolute atomic E-state index is 11.6. The van der Waals surface area contributed by atoms with Crippen LogP contribution in [0, 0.1) is 5.92 Å². The summed E-state index contributed by atoms with van der Waals surface area (Å²) < 4.78 is 5.10. The van der Waals surface area contributed by atoms with Crippen LogP contribution in [0.1, 0.15) is 91.4 Å². The van der Waals surface area contributed by atoms with Gasteiger partial charge in [-0.1, -0.05) is 52.0 Å². The van der Waals surface area contributed by atoms with E-state index in [4.69, 9.17) is 9.84 Å². The summed E-state index contributed by atoms with van der Waals surface area (Å²) in [5.74, 6) is -1.04. The smallest absolute Gasteiger partial charge is 0.303 e. The molecule has 1 aliphatic carbocycles. The monoisotopic (exact) mass is 396 g/mol. The average molecular weight is 397 g/mol. The van der Waals surface area contributed by atoms with E-state index in [-0.39, 0.29) is 29.9 Å². The highest BCUT2D eigenvalue weighted by Gasteiger charge is 2.33. The number of rotatable bonds is 12. The summed E-state index contributed by atoms with van der Waals surface area (Å²) in [6.07, 6.45) is 11.6. The van der Waals surface area contributed by atoms with Gasteiger partial charge < -0.3 is 9.84 Å². The van der Waals surface area contributed by atoms with Crippen LogP contribution in [0.15, 0.2) is 12.2 Å². The molecule has 0 aromatic carbocycles. The Labute approximate surface area is 168 Å². The molecule has 1 rings (SSSR count). The van der Waals surface area contributed by atoms with E-state index in [1.165, 1.54) is 19.4 Å². The summed E-state index contributed by atoms with van der Waals surface area (Å²) >= 11 is 0. The zero-order valence-electron chi connectivity index (χ0n) is 17.6. The molecule has 1 N–H and O–H groups in total. The number of carbonyl (C=O) groups excluding carboxylic acids is 3. The number of unbranched alkanes of at least 4 members (excludes halogenated alkanes) is 5. The Morgan fingerprint density at radius 1 is 1.00 bits per heavy atom. The number of carboxylic acid groups (broad SMARTS) is 1. The van der Waals surface area contributed by atoms with Gasteiger partial charge in [-0.2, -0.15) is 0 Å². The standard InChI is InChI=1S/C15H22O4.C7H14O2/c1-3-4-5-6-13(17)8-7-12-9-14(18)10-15(12)19-11(2)16;1-2-3-4-5-6-7(8)9/h7-8,12,15H,3-6,9-10H2,1-2H3;2-6H2,1H3,(H,8,9). The minimum Gasteiger partial charge on any atom is -0.481 e. The molecule has 160 valence electrons. The van der Waals surface area contributed by atoms with Gasteiger partial charge in [0.2, 0.25) is 0 Å². The van der Waals surface area contributed by atoms with Crippen LogP contribution in [0.2, 0.25) is 0 Å². The number of hydrogen-bond acceptors (Lipinski definition) is 5. The van der Waals surface area contributed by atoms with Crippen molar-refractivity contribution in [2.45, 2.75) is 97.5 Å². The first-order chi connectivity index (χ1) is 13.3. The van der Waals surface area contributed by atoms with Crippen LogP contribution >= 0.6 is 0 Å². The molecule has 0 aromatic rings. The lowest BCUT2D eigenvalue weighted by atomic mass is 10.0. The lowest BCUT2D eigenvalue weighted by Gasteiger charge is -2.14. The molecule has 0 spiro atoms. The predicted molar refractivity (Wildman–Crippen MR) is 108 cm³/mol. The van der Waals surface area contributed by atoms with Crippen LogP contribution < -0.4 is 0 Å². The molecule has 6 nitrogen and oxygen atoms in total. The van der Waals surface area contributed by atoms with Crippen molar-refractivity contribution in [1.82, 2.24) is 0 Å². The maximum Gasteiger partial charge on any atom is 0.303 e. The summed E-state index contributed by atoms with van der Waals surface area (Å²) in [6, 6.07) is 0. The number of esters is 1. The quantitative estimate of drug-likeness (QED) is 0.293. The molecule has 28 heavy (non-hydrogen) atoms. The van der Waals surface area contributed by atoms with Gasteiger partial charge in [0.1, 0.15) is 11.9 Å². The van der Waals surface area contributed by atoms with Crippen LogP contribution in [-0.4, -0.2) is 34.7 Å². The molecule has 0 amide bonds. The molecule has 6 heteroatoms. The highest BCUT2D eigenvalue weighted by Crippen LogP contribution is 2.27. The molecule has 2 atom stereocenters. The second-order valence-corrected chi connectivity index (χ2v) is 7.25. The van der Waals surface area contributed by atoms with Crippen molar-refractivity contribution in [3.05, 3.63) is 12.2 Å². The second-order valence-electron chi connectivity index (χ2n) is 7.25. The molecule has 1 saturated carbocycles. The zero-order valence-corrected chi connectivity index (χ0v) is 17.6. The van der Waals surface area contributed by atoms with E-state index in [9.17, 15) is 19.2 Å². The highest BCUT2D eigenvalue weighted by atomic mass is 16.5. The van der Waals surface area contributed by atoms with E-state index >= 15 is 0 Å². The van der Waals surface area contributed by atoms with Crippen molar-refractivity contribution < 1.29 is 29.0 Å². The second kappa shape index (κ2) is 16.0. The summed E-state index contributed by atoms with van der Waals surface area (Å²) in [6.45, 7) is 5.54. The molecular formula is C22H36O6. The number of carbonyl (C=O) groups is 4. The van der Waals surface area contributed by atoms with E-state index in [0.29, 0.717) is 19.3 Å². The summed E-state index contributed by atoms with van der Waals surface area (Å²) in [7, 11) is 0. The summed E-state index contributed by atoms with van der Waals surface area (Å²) in [4.78, 5) is 43.9. The Hall–Kier alpha value is -1.98. The van der Waals surface area contributed by atoms with E-state index in [0.717, 1.165) is 38.5 Å². The third-order valence-corrected chi connectivity index (χ3v) is 4.49. The molecule has 0 aromatic heterocycles. The van der Waals surface area contributed by atoms with Crippen molar-refractivity contribution >= 4 is 23.5 Å². The lowest BCUT2D eigenvalue weighted by molar-refractivity contribution is -0.147. The Kier molecular flexibility index (Phi) is 14.9. The zero-order chi connectivity index (χ0) is 21.4. The Morgan fingerprint density at radius 3 is 2.18 bits per heavy atom. The molecule has 0 bridgehead atoms. The Balaban J connectivity index is 0.000000684. The summed E-state index contributed by atoms with van der Waals surface area (Å²) in [5.41, 5.74) is 0. The first kappa shape index (κ1) is 26.0. The number of carboxylic acids is 1. The van der Waals surface area contributed by atoms with E-state index in [1.807, 2.05) is 0 Å². The van der Waals surface area contributed by atoms with Crippen molar-refractivity contribution in [2.24, 2.45) is 5.92 Å². The fourth-order valence-corrected chi connectivity index (χ4v) is 2.95. The van der Waals surface area contributed by atoms with Gasteiger partial charge in [0, 0.05) is 38.5 Å². The molecule has 0 saturated heterocycles. The van der Waals surface area contributed by atoms with E-state index < -0.39 is 12.1 Å². The molecular weight excluding hydrogens is 360 g/mol. The third kappa shape index (κ3) is 14.1. The molecule has 2 unspecified atom stereocenters. The van der Waals surface area contributed by atoms with Crippen molar-refractivity contribution in [1.29, 1.82) is 0 Å². The minimum absolute atomic E-state index is 0.0781. The van der Waals surface area contributed by atoms with Crippen LogP contribution in [0.3, 0.4) is 0 Å². The summed E-state index contributed by atoms with van der Waals surface area (Å²) in [5, 5.41) is 8.21. The average Bonchev–Trinajstić information content (AvgIpc) is 2.96. The number of ketones is 2. The van der Waals surface area contributed by atoms with Crippen molar-refractivity contribution in [3.63, 3.8) is 0 Å². The molecule has 1 fully saturated rings. The first-order valence-electron chi connectivity index (χ1n) is 10.4. The maximum atomic E-state index is 11.6. The van der Waals surface area contributed by atoms with Gasteiger partial charge in [-0.05, 0) is 18.9 Å². The van der Waals surface area contributed by atoms with Gasteiger partial charge in [-0.3, -0.25) is 19.2 Å². The molecule has 1 aliphatic rings. The van der Waals surface area contributed by atoms with Gasteiger partial charge in [0.05, 0.1) is 0 Å². The molecule has 0 heterocycles. The van der Waals surface area contributed by atoms with Crippen LogP contribution in [0.4, 0.5) is 0 Å². The fraction of sp³-hybridized carbons (Fsp3) is 0.727. The van der Waals surface area contributed by atoms with E-state index in [2.05, 4.69) is 13.8 Å². The number of ether oxygens (including phenoxy) is 1. The van der Waals surface area contributed by atoms with Crippen molar-refractivity contribution in [3.8, 4) is 0 Å². The molecule has 0 aliphatic heterocycles. The van der Waals surface area contributed by atoms with Gasteiger partial charge >= 0.3 is 11.9 Å². The van der Waals surface area contributed by atoms with Gasteiger partial charge in [-0.25, -0.2) is 0 Å². The fourth-order valence-electron chi connectivity index (χ4n) is 2.95. The third-order valence-electron chi connectivity index (χ3n) is 4.49.